The Balaban J connectivity index is 1.23. The molecule has 3 heterocycles. The number of benzene rings is 2. The van der Waals surface area contributed by atoms with E-state index in [9.17, 15) is 22.8 Å². The van der Waals surface area contributed by atoms with Crippen molar-refractivity contribution in [1.82, 2.24) is 24.8 Å². The first-order valence-electron chi connectivity index (χ1n) is 13.4. The molecular formula is C30H27F4N5O2. The zero-order valence-electron chi connectivity index (χ0n) is 21.9. The van der Waals surface area contributed by atoms with Gasteiger partial charge in [0.1, 0.15) is 18.8 Å². The van der Waals surface area contributed by atoms with E-state index in [1.54, 1.807) is 34.9 Å². The van der Waals surface area contributed by atoms with Crippen LogP contribution in [0.15, 0.2) is 73.1 Å². The van der Waals surface area contributed by atoms with Crippen LogP contribution < -0.4 is 5.32 Å². The van der Waals surface area contributed by atoms with Crippen molar-refractivity contribution >= 4 is 22.8 Å². The van der Waals surface area contributed by atoms with Gasteiger partial charge in [-0.15, -0.1) is 0 Å². The van der Waals surface area contributed by atoms with Crippen molar-refractivity contribution in [2.24, 2.45) is 0 Å². The second-order valence-electron chi connectivity index (χ2n) is 10.7. The lowest BCUT2D eigenvalue weighted by molar-refractivity contribution is -0.139. The van der Waals surface area contributed by atoms with Crippen LogP contribution in [0.5, 0.6) is 0 Å². The molecule has 1 aliphatic heterocycles. The molecule has 2 aliphatic rings. The van der Waals surface area contributed by atoms with Gasteiger partial charge in [-0.2, -0.15) is 4.39 Å². The molecule has 1 saturated carbocycles. The molecule has 7 nitrogen and oxygen atoms in total. The molecular weight excluding hydrogens is 538 g/mol. The Morgan fingerprint density at radius 2 is 1.76 bits per heavy atom. The van der Waals surface area contributed by atoms with Crippen molar-refractivity contribution in [3.8, 4) is 0 Å². The Labute approximate surface area is 233 Å². The van der Waals surface area contributed by atoms with E-state index >= 15 is 4.39 Å². The van der Waals surface area contributed by atoms with Gasteiger partial charge in [-0.1, -0.05) is 48.5 Å². The van der Waals surface area contributed by atoms with Gasteiger partial charge in [0, 0.05) is 24.8 Å². The van der Waals surface area contributed by atoms with E-state index in [0.29, 0.717) is 11.1 Å². The van der Waals surface area contributed by atoms with Gasteiger partial charge in [-0.3, -0.25) is 9.59 Å². The second-order valence-corrected chi connectivity index (χ2v) is 10.7. The number of likely N-dealkylation sites (tertiary alicyclic amines) is 1. The molecule has 4 aromatic rings. The zero-order valence-corrected chi connectivity index (χ0v) is 21.9. The maximum absolute atomic E-state index is 15.0. The number of hydrogen-bond acceptors (Lipinski definition) is 4. The van der Waals surface area contributed by atoms with Crippen LogP contribution in [0.4, 0.5) is 17.6 Å². The molecule has 1 saturated heterocycles. The second kappa shape index (κ2) is 10.6. The van der Waals surface area contributed by atoms with Gasteiger partial charge < -0.3 is 14.8 Å². The van der Waals surface area contributed by atoms with Crippen molar-refractivity contribution in [1.29, 1.82) is 0 Å². The normalized spacial score (nSPS) is 21.0. The number of pyridine rings is 1. The van der Waals surface area contributed by atoms with Crippen molar-refractivity contribution < 1.29 is 27.2 Å². The Morgan fingerprint density at radius 1 is 1.02 bits per heavy atom. The van der Waals surface area contributed by atoms with Gasteiger partial charge >= 0.3 is 0 Å². The standard InChI is InChI=1S/C30H27F4N5O2/c31-20-12-25(39(15-20)26(40)16-38-17-35-22-8-4-5-9-24(22)38)29(41)37-27(18-6-2-1-3-7-18)23-11-10-21(28(32)36-23)19-13-30(33,34)14-19/h1-11,17,19-20,25,27H,12-16H2,(H,37,41)/t20-,25+,27+/m1/s1. The number of para-hydroxylation sites is 2. The first kappa shape index (κ1) is 26.9. The van der Waals surface area contributed by atoms with E-state index < -0.39 is 60.7 Å². The van der Waals surface area contributed by atoms with E-state index in [4.69, 9.17) is 0 Å². The first-order chi connectivity index (χ1) is 19.7. The molecule has 1 aliphatic carbocycles. The van der Waals surface area contributed by atoms with Gasteiger partial charge in [0.2, 0.25) is 23.7 Å². The lowest BCUT2D eigenvalue weighted by Crippen LogP contribution is -2.48. The molecule has 1 N–H and O–H groups in total. The maximum Gasteiger partial charge on any atom is 0.249 e. The number of halogens is 4. The smallest absolute Gasteiger partial charge is 0.249 e. The van der Waals surface area contributed by atoms with Crippen LogP contribution in [0.25, 0.3) is 11.0 Å². The fraction of sp³-hybridized carbons (Fsp3) is 0.333. The first-order valence-corrected chi connectivity index (χ1v) is 13.4. The minimum Gasteiger partial charge on any atom is -0.342 e. The number of imidazole rings is 1. The summed E-state index contributed by atoms with van der Waals surface area (Å²) >= 11 is 0. The van der Waals surface area contributed by atoms with Gasteiger partial charge in [0.05, 0.1) is 35.6 Å². The average molecular weight is 566 g/mol. The Hall–Kier alpha value is -4.28. The molecule has 3 atom stereocenters. The lowest BCUT2D eigenvalue weighted by atomic mass is 9.77. The third-order valence-electron chi connectivity index (χ3n) is 7.85. The van der Waals surface area contributed by atoms with Crippen LogP contribution in [0.3, 0.4) is 0 Å². The number of carbonyl (C=O) groups is 2. The van der Waals surface area contributed by atoms with E-state index in [0.717, 1.165) is 5.52 Å². The number of rotatable bonds is 7. The summed E-state index contributed by atoms with van der Waals surface area (Å²) in [5, 5.41) is 2.83. The molecule has 2 fully saturated rings. The molecule has 0 spiro atoms. The number of aromatic nitrogens is 3. The van der Waals surface area contributed by atoms with Crippen LogP contribution in [-0.4, -0.2) is 55.9 Å². The van der Waals surface area contributed by atoms with E-state index in [1.807, 2.05) is 24.3 Å². The Bertz CT molecular complexity index is 1590. The predicted molar refractivity (Wildman–Crippen MR) is 142 cm³/mol. The molecule has 2 amide bonds. The highest BCUT2D eigenvalue weighted by atomic mass is 19.3. The molecule has 6 rings (SSSR count). The van der Waals surface area contributed by atoms with Crippen molar-refractivity contribution in [2.75, 3.05) is 6.54 Å². The van der Waals surface area contributed by atoms with Crippen molar-refractivity contribution in [3.05, 3.63) is 95.8 Å². The molecule has 0 radical (unpaired) electrons. The quantitative estimate of drug-likeness (QED) is 0.255. The number of carbonyl (C=O) groups excluding carboxylic acids is 2. The van der Waals surface area contributed by atoms with Crippen LogP contribution in [-0.2, 0) is 16.1 Å². The molecule has 0 unspecified atom stereocenters. The summed E-state index contributed by atoms with van der Waals surface area (Å²) < 4.78 is 58.0. The van der Waals surface area contributed by atoms with Crippen LogP contribution in [0.2, 0.25) is 0 Å². The SMILES string of the molecule is O=C(N[C@@H](c1ccccc1)c1ccc(C2CC(F)(F)C2)c(F)n1)[C@@H]1C[C@@H](F)CN1C(=O)Cn1cnc2ccccc21. The summed E-state index contributed by atoms with van der Waals surface area (Å²) in [6.07, 6.45) is -0.913. The Morgan fingerprint density at radius 3 is 2.49 bits per heavy atom. The third kappa shape index (κ3) is 5.40. The number of nitrogens with one attached hydrogen (secondary N) is 1. The Kier molecular flexibility index (Phi) is 6.96. The maximum atomic E-state index is 15.0. The fourth-order valence-corrected chi connectivity index (χ4v) is 5.70. The number of nitrogens with zero attached hydrogens (tertiary/aromatic N) is 4. The number of amides is 2. The van der Waals surface area contributed by atoms with E-state index in [2.05, 4.69) is 15.3 Å². The van der Waals surface area contributed by atoms with Crippen molar-refractivity contribution in [2.45, 2.75) is 55.9 Å². The van der Waals surface area contributed by atoms with Crippen molar-refractivity contribution in [3.63, 3.8) is 0 Å². The number of fused-ring (bicyclic) bond motifs is 1. The minimum atomic E-state index is -2.81. The van der Waals surface area contributed by atoms with Gasteiger partial charge in [-0.05, 0) is 29.7 Å². The molecule has 2 aromatic carbocycles. The molecule has 11 heteroatoms. The predicted octanol–water partition coefficient (Wildman–Crippen LogP) is 4.93. The third-order valence-corrected chi connectivity index (χ3v) is 7.85. The number of alkyl halides is 3. The fourth-order valence-electron chi connectivity index (χ4n) is 5.70. The summed E-state index contributed by atoms with van der Waals surface area (Å²) in [5.74, 6) is -5.33. The largest absolute Gasteiger partial charge is 0.342 e. The lowest BCUT2D eigenvalue weighted by Gasteiger charge is -2.35. The summed E-state index contributed by atoms with van der Waals surface area (Å²) in [4.78, 5) is 36.4. The topological polar surface area (TPSA) is 80.1 Å². The minimum absolute atomic E-state index is 0.109. The zero-order chi connectivity index (χ0) is 28.7. The summed E-state index contributed by atoms with van der Waals surface area (Å²) in [7, 11) is 0. The monoisotopic (exact) mass is 565 g/mol. The number of hydrogen-bond donors (Lipinski definition) is 1. The van der Waals surface area contributed by atoms with E-state index in [1.165, 1.54) is 23.4 Å². The molecule has 2 aromatic heterocycles. The summed E-state index contributed by atoms with van der Waals surface area (Å²) in [5.41, 5.74) is 2.31. The van der Waals surface area contributed by atoms with Crippen LogP contribution in [0.1, 0.15) is 48.0 Å². The van der Waals surface area contributed by atoms with E-state index in [-0.39, 0.29) is 30.8 Å². The highest BCUT2D eigenvalue weighted by Gasteiger charge is 2.47. The highest BCUT2D eigenvalue weighted by molar-refractivity contribution is 5.89. The van der Waals surface area contributed by atoms with Crippen LogP contribution in [0, 0.1) is 5.95 Å². The summed E-state index contributed by atoms with van der Waals surface area (Å²) in [6.45, 7) is -0.347. The molecule has 212 valence electrons. The van der Waals surface area contributed by atoms with Crippen LogP contribution >= 0.6 is 0 Å². The van der Waals surface area contributed by atoms with Gasteiger partial charge in [0.15, 0.2) is 0 Å². The highest BCUT2D eigenvalue weighted by Crippen LogP contribution is 2.48. The van der Waals surface area contributed by atoms with Gasteiger partial charge in [-0.25, -0.2) is 23.1 Å². The summed E-state index contributed by atoms with van der Waals surface area (Å²) in [6, 6.07) is 16.9. The average Bonchev–Trinajstić information content (AvgIpc) is 3.54. The molecule has 41 heavy (non-hydrogen) atoms. The van der Waals surface area contributed by atoms with Gasteiger partial charge in [0.25, 0.3) is 0 Å². The molecule has 0 bridgehead atoms.